The minimum Gasteiger partial charge on any atom is -0.396 e. The summed E-state index contributed by atoms with van der Waals surface area (Å²) >= 11 is 0. The molecule has 78 valence electrons. The van der Waals surface area contributed by atoms with E-state index in [-0.39, 0.29) is 0 Å². The third-order valence-corrected chi connectivity index (χ3v) is 3.05. The molecule has 13 heavy (non-hydrogen) atoms. The number of piperidine rings is 1. The topological polar surface area (TPSA) is 44.9 Å². The lowest BCUT2D eigenvalue weighted by molar-refractivity contribution is -0.906. The smallest absolute Gasteiger partial charge is 0.101 e. The number of rotatable bonds is 5. The van der Waals surface area contributed by atoms with Gasteiger partial charge in [0.2, 0.25) is 0 Å². The van der Waals surface area contributed by atoms with Crippen molar-refractivity contribution >= 4 is 0 Å². The zero-order chi connectivity index (χ0) is 9.52. The largest absolute Gasteiger partial charge is 0.396 e. The Hall–Kier alpha value is -0.120. The molecule has 0 saturated carbocycles. The fourth-order valence-electron chi connectivity index (χ4n) is 2.16. The van der Waals surface area contributed by atoms with Crippen LogP contribution in [-0.4, -0.2) is 43.1 Å². The third kappa shape index (κ3) is 4.07. The molecule has 0 aromatic carbocycles. The fraction of sp³-hybridized carbons (Fsp3) is 1.00. The lowest BCUT2D eigenvalue weighted by Gasteiger charge is -2.28. The Balaban J connectivity index is 2.08. The van der Waals surface area contributed by atoms with Gasteiger partial charge in [0.15, 0.2) is 0 Å². The van der Waals surface area contributed by atoms with Gasteiger partial charge >= 0.3 is 0 Å². The summed E-state index contributed by atoms with van der Waals surface area (Å²) in [6.07, 6.45) is 4.69. The van der Waals surface area contributed by atoms with E-state index in [0.29, 0.717) is 13.2 Å². The zero-order valence-electron chi connectivity index (χ0n) is 8.34. The first-order valence-corrected chi connectivity index (χ1v) is 5.42. The normalized spacial score (nSPS) is 29.1. The maximum atomic E-state index is 8.77. The molecule has 1 aliphatic rings. The standard InChI is InChI=1S/C10H21NO2/c12-8-1-2-10-3-5-11(6-4-10)7-9-13/h10,12-13H,1-9H2/p+1. The molecule has 0 amide bonds. The van der Waals surface area contributed by atoms with Gasteiger partial charge in [-0.1, -0.05) is 0 Å². The van der Waals surface area contributed by atoms with Gasteiger partial charge in [-0.15, -0.1) is 0 Å². The number of aliphatic hydroxyl groups is 2. The van der Waals surface area contributed by atoms with E-state index in [1.165, 1.54) is 32.4 Å². The lowest BCUT2D eigenvalue weighted by atomic mass is 9.92. The first kappa shape index (κ1) is 11.0. The number of likely N-dealkylation sites (tertiary alicyclic amines) is 1. The van der Waals surface area contributed by atoms with Gasteiger partial charge in [0.1, 0.15) is 6.54 Å². The van der Waals surface area contributed by atoms with Crippen molar-refractivity contribution in [1.82, 2.24) is 0 Å². The van der Waals surface area contributed by atoms with Gasteiger partial charge in [-0.3, -0.25) is 0 Å². The Morgan fingerprint density at radius 1 is 1.08 bits per heavy atom. The van der Waals surface area contributed by atoms with Crippen LogP contribution in [0.2, 0.25) is 0 Å². The minimum atomic E-state index is 0.316. The van der Waals surface area contributed by atoms with Crippen molar-refractivity contribution in [3.8, 4) is 0 Å². The van der Waals surface area contributed by atoms with Crippen LogP contribution in [-0.2, 0) is 0 Å². The van der Waals surface area contributed by atoms with Crippen LogP contribution in [0.15, 0.2) is 0 Å². The Morgan fingerprint density at radius 2 is 1.77 bits per heavy atom. The second kappa shape index (κ2) is 6.35. The van der Waals surface area contributed by atoms with Gasteiger partial charge in [0.25, 0.3) is 0 Å². The summed E-state index contributed by atoms with van der Waals surface area (Å²) in [4.78, 5) is 1.54. The maximum Gasteiger partial charge on any atom is 0.101 e. The zero-order valence-corrected chi connectivity index (χ0v) is 8.34. The van der Waals surface area contributed by atoms with Gasteiger partial charge in [-0.25, -0.2) is 0 Å². The molecule has 0 radical (unpaired) electrons. The van der Waals surface area contributed by atoms with Crippen LogP contribution in [0.3, 0.4) is 0 Å². The number of hydrogen-bond acceptors (Lipinski definition) is 2. The molecule has 3 nitrogen and oxygen atoms in total. The summed E-state index contributed by atoms with van der Waals surface area (Å²) in [5, 5.41) is 17.5. The van der Waals surface area contributed by atoms with E-state index in [1.807, 2.05) is 0 Å². The molecule has 0 aromatic rings. The summed E-state index contributed by atoms with van der Waals surface area (Å²) in [7, 11) is 0. The monoisotopic (exact) mass is 188 g/mol. The lowest BCUT2D eigenvalue weighted by Crippen LogP contribution is -3.13. The van der Waals surface area contributed by atoms with Gasteiger partial charge in [0, 0.05) is 6.61 Å². The molecule has 0 atom stereocenters. The van der Waals surface area contributed by atoms with E-state index in [4.69, 9.17) is 10.2 Å². The van der Waals surface area contributed by atoms with Gasteiger partial charge in [0.05, 0.1) is 19.7 Å². The quantitative estimate of drug-likeness (QED) is 0.521. The third-order valence-electron chi connectivity index (χ3n) is 3.05. The van der Waals surface area contributed by atoms with E-state index in [0.717, 1.165) is 18.9 Å². The minimum absolute atomic E-state index is 0.316. The van der Waals surface area contributed by atoms with E-state index < -0.39 is 0 Å². The maximum absolute atomic E-state index is 8.77. The molecule has 0 bridgehead atoms. The van der Waals surface area contributed by atoms with Crippen LogP contribution in [0.1, 0.15) is 25.7 Å². The molecule has 3 N–H and O–H groups in total. The van der Waals surface area contributed by atoms with E-state index in [1.54, 1.807) is 4.90 Å². The highest BCUT2D eigenvalue weighted by Crippen LogP contribution is 2.15. The predicted molar refractivity (Wildman–Crippen MR) is 51.7 cm³/mol. The fourth-order valence-corrected chi connectivity index (χ4v) is 2.16. The van der Waals surface area contributed by atoms with Crippen LogP contribution in [0.4, 0.5) is 0 Å². The second-order valence-corrected chi connectivity index (χ2v) is 4.03. The van der Waals surface area contributed by atoms with Crippen molar-refractivity contribution in [2.75, 3.05) is 32.8 Å². The highest BCUT2D eigenvalue weighted by molar-refractivity contribution is 4.62. The molecule has 0 spiro atoms. The van der Waals surface area contributed by atoms with Crippen LogP contribution in [0, 0.1) is 5.92 Å². The molecule has 0 aliphatic carbocycles. The summed E-state index contributed by atoms with van der Waals surface area (Å²) in [5.41, 5.74) is 0. The van der Waals surface area contributed by atoms with Crippen LogP contribution in [0.25, 0.3) is 0 Å². The molecule has 1 fully saturated rings. The van der Waals surface area contributed by atoms with E-state index >= 15 is 0 Å². The number of quaternary nitrogens is 1. The molecule has 1 rings (SSSR count). The summed E-state index contributed by atoms with van der Waals surface area (Å²) < 4.78 is 0. The average molecular weight is 188 g/mol. The van der Waals surface area contributed by atoms with Crippen molar-refractivity contribution in [2.45, 2.75) is 25.7 Å². The van der Waals surface area contributed by atoms with Gasteiger partial charge in [-0.2, -0.15) is 0 Å². The highest BCUT2D eigenvalue weighted by Gasteiger charge is 2.20. The Morgan fingerprint density at radius 3 is 2.31 bits per heavy atom. The van der Waals surface area contributed by atoms with Crippen molar-refractivity contribution < 1.29 is 15.1 Å². The molecule has 1 heterocycles. The predicted octanol–water partition coefficient (Wildman–Crippen LogP) is -0.954. The van der Waals surface area contributed by atoms with Crippen molar-refractivity contribution in [1.29, 1.82) is 0 Å². The molecule has 0 aromatic heterocycles. The van der Waals surface area contributed by atoms with Crippen molar-refractivity contribution in [3.63, 3.8) is 0 Å². The Kier molecular flexibility index (Phi) is 5.35. The second-order valence-electron chi connectivity index (χ2n) is 4.03. The molecule has 0 unspecified atom stereocenters. The Bertz CT molecular complexity index is 122. The highest BCUT2D eigenvalue weighted by atomic mass is 16.3. The molecule has 1 aliphatic heterocycles. The molecule has 3 heteroatoms. The molecular formula is C10H22NO2+. The van der Waals surface area contributed by atoms with E-state index in [9.17, 15) is 0 Å². The van der Waals surface area contributed by atoms with Crippen molar-refractivity contribution in [3.05, 3.63) is 0 Å². The first-order valence-electron chi connectivity index (χ1n) is 5.42. The van der Waals surface area contributed by atoms with Crippen molar-refractivity contribution in [2.24, 2.45) is 5.92 Å². The number of aliphatic hydroxyl groups excluding tert-OH is 2. The van der Waals surface area contributed by atoms with Crippen LogP contribution in [0.5, 0.6) is 0 Å². The van der Waals surface area contributed by atoms with Crippen LogP contribution >= 0.6 is 0 Å². The summed E-state index contributed by atoms with van der Waals surface area (Å²) in [6, 6.07) is 0. The summed E-state index contributed by atoms with van der Waals surface area (Å²) in [5.74, 6) is 0.828. The molecular weight excluding hydrogens is 166 g/mol. The van der Waals surface area contributed by atoms with Crippen LogP contribution < -0.4 is 4.90 Å². The number of nitrogens with one attached hydrogen (secondary N) is 1. The Labute approximate surface area is 80.4 Å². The van der Waals surface area contributed by atoms with Gasteiger partial charge < -0.3 is 15.1 Å². The van der Waals surface area contributed by atoms with E-state index in [2.05, 4.69) is 0 Å². The number of hydrogen-bond donors (Lipinski definition) is 3. The summed E-state index contributed by atoms with van der Waals surface area (Å²) in [6.45, 7) is 3.97. The van der Waals surface area contributed by atoms with Gasteiger partial charge in [-0.05, 0) is 31.6 Å². The molecule has 1 saturated heterocycles. The first-order chi connectivity index (χ1) is 6.36. The average Bonchev–Trinajstić information content (AvgIpc) is 2.17. The SMILES string of the molecule is OCCCC1CC[NH+](CCO)CC1.